The number of hydrogen-bond donors (Lipinski definition) is 0. The predicted molar refractivity (Wildman–Crippen MR) is 131 cm³/mol. The van der Waals surface area contributed by atoms with Crippen LogP contribution in [0.4, 0.5) is 4.79 Å². The third-order valence-corrected chi connectivity index (χ3v) is 7.82. The Morgan fingerprint density at radius 1 is 1.14 bits per heavy atom. The lowest BCUT2D eigenvalue weighted by molar-refractivity contribution is -0.135. The number of imide groups is 1. The van der Waals surface area contributed by atoms with Crippen LogP contribution in [0.1, 0.15) is 18.4 Å². The van der Waals surface area contributed by atoms with Crippen molar-refractivity contribution in [1.82, 2.24) is 9.80 Å². The highest BCUT2D eigenvalue weighted by molar-refractivity contribution is 8.18. The number of carbonyl (C=O) groups is 3. The van der Waals surface area contributed by atoms with Crippen molar-refractivity contribution in [3.63, 3.8) is 0 Å². The highest BCUT2D eigenvalue weighted by Crippen LogP contribution is 2.40. The number of carbonyl (C=O) groups excluding carboxylic acids is 3. The lowest BCUT2D eigenvalue weighted by atomic mass is 10.2. The summed E-state index contributed by atoms with van der Waals surface area (Å²) in [6.45, 7) is 0.936. The SMILES string of the molecule is COc1cc(/C=C2\SC(=O)N(CC(=O)N3CCCC3)C2=O)cc(Cl)c1OS(=O)(=O)c1ccccc1. The molecule has 0 aliphatic carbocycles. The van der Waals surface area contributed by atoms with Crippen molar-refractivity contribution in [2.45, 2.75) is 17.7 Å². The quantitative estimate of drug-likeness (QED) is 0.388. The van der Waals surface area contributed by atoms with E-state index in [1.807, 2.05) is 0 Å². The molecule has 184 valence electrons. The second kappa shape index (κ2) is 10.3. The molecule has 2 saturated heterocycles. The Morgan fingerprint density at radius 3 is 2.49 bits per heavy atom. The van der Waals surface area contributed by atoms with Crippen molar-refractivity contribution in [2.75, 3.05) is 26.7 Å². The lowest BCUT2D eigenvalue weighted by Crippen LogP contribution is -2.40. The van der Waals surface area contributed by atoms with Crippen molar-refractivity contribution in [3.8, 4) is 11.5 Å². The van der Waals surface area contributed by atoms with Gasteiger partial charge in [0, 0.05) is 13.1 Å². The zero-order valence-electron chi connectivity index (χ0n) is 18.6. The summed E-state index contributed by atoms with van der Waals surface area (Å²) < 4.78 is 35.7. The Balaban J connectivity index is 1.56. The van der Waals surface area contributed by atoms with E-state index in [4.69, 9.17) is 20.5 Å². The smallest absolute Gasteiger partial charge is 0.339 e. The van der Waals surface area contributed by atoms with Crippen LogP contribution in [0.15, 0.2) is 52.3 Å². The van der Waals surface area contributed by atoms with Gasteiger partial charge in [-0.25, -0.2) is 0 Å². The number of hydrogen-bond acceptors (Lipinski definition) is 8. The van der Waals surface area contributed by atoms with Gasteiger partial charge in [0.15, 0.2) is 5.75 Å². The van der Waals surface area contributed by atoms with Crippen molar-refractivity contribution < 1.29 is 31.7 Å². The van der Waals surface area contributed by atoms with Gasteiger partial charge in [-0.15, -0.1) is 0 Å². The van der Waals surface area contributed by atoms with Crippen LogP contribution in [0.2, 0.25) is 5.02 Å². The number of methoxy groups -OCH3 is 1. The second-order valence-electron chi connectivity index (χ2n) is 7.74. The first-order valence-corrected chi connectivity index (χ1v) is 13.2. The Labute approximate surface area is 211 Å². The summed E-state index contributed by atoms with van der Waals surface area (Å²) >= 11 is 7.02. The molecule has 12 heteroatoms. The fourth-order valence-electron chi connectivity index (χ4n) is 3.64. The maximum Gasteiger partial charge on any atom is 0.339 e. The third kappa shape index (κ3) is 5.47. The molecule has 2 heterocycles. The van der Waals surface area contributed by atoms with E-state index in [9.17, 15) is 22.8 Å². The molecule has 2 fully saturated rings. The Hall–Kier alpha value is -3.02. The normalized spacial score (nSPS) is 17.4. The van der Waals surface area contributed by atoms with E-state index in [0.29, 0.717) is 30.4 Å². The Kier molecular flexibility index (Phi) is 7.39. The van der Waals surface area contributed by atoms with Gasteiger partial charge < -0.3 is 13.8 Å². The van der Waals surface area contributed by atoms with Crippen LogP contribution in [0.5, 0.6) is 11.5 Å². The number of benzene rings is 2. The first-order valence-electron chi connectivity index (χ1n) is 10.6. The van der Waals surface area contributed by atoms with E-state index in [-0.39, 0.29) is 38.8 Å². The standard InChI is InChI=1S/C23H21ClN2O7S2/c1-32-18-12-15(11-17(24)21(18)33-35(30,31)16-7-3-2-4-8-16)13-19-22(28)26(23(29)34-19)14-20(27)25-9-5-6-10-25/h2-4,7-8,11-13H,5-6,9-10,14H2,1H3/b19-13-. The van der Waals surface area contributed by atoms with Gasteiger partial charge in [-0.2, -0.15) is 8.42 Å². The molecule has 3 amide bonds. The summed E-state index contributed by atoms with van der Waals surface area (Å²) in [5.74, 6) is -1.04. The predicted octanol–water partition coefficient (Wildman–Crippen LogP) is 3.78. The summed E-state index contributed by atoms with van der Waals surface area (Å²) in [7, 11) is -2.86. The van der Waals surface area contributed by atoms with Gasteiger partial charge in [-0.1, -0.05) is 29.8 Å². The van der Waals surface area contributed by atoms with Crippen LogP contribution in [0.25, 0.3) is 6.08 Å². The number of amides is 3. The molecule has 0 atom stereocenters. The van der Waals surface area contributed by atoms with Gasteiger partial charge in [0.05, 0.1) is 17.0 Å². The largest absolute Gasteiger partial charge is 0.493 e. The average Bonchev–Trinajstić information content (AvgIpc) is 3.46. The topological polar surface area (TPSA) is 110 Å². The maximum absolute atomic E-state index is 12.8. The first kappa shape index (κ1) is 25.1. The Morgan fingerprint density at radius 2 is 1.83 bits per heavy atom. The molecule has 0 aromatic heterocycles. The highest BCUT2D eigenvalue weighted by atomic mass is 35.5. The van der Waals surface area contributed by atoms with Crippen LogP contribution in [0.3, 0.4) is 0 Å². The molecule has 0 spiro atoms. The van der Waals surface area contributed by atoms with Crippen LogP contribution >= 0.6 is 23.4 Å². The zero-order chi connectivity index (χ0) is 25.2. The summed E-state index contributed by atoms with van der Waals surface area (Å²) in [6, 6.07) is 10.4. The molecular weight excluding hydrogens is 516 g/mol. The zero-order valence-corrected chi connectivity index (χ0v) is 21.0. The van der Waals surface area contributed by atoms with Gasteiger partial charge in [-0.3, -0.25) is 19.3 Å². The molecule has 0 saturated carbocycles. The summed E-state index contributed by atoms with van der Waals surface area (Å²) in [5.41, 5.74) is 0.382. The summed E-state index contributed by atoms with van der Waals surface area (Å²) in [6.07, 6.45) is 3.24. The average molecular weight is 537 g/mol. The molecule has 2 aliphatic rings. The molecule has 0 N–H and O–H groups in total. The van der Waals surface area contributed by atoms with Gasteiger partial charge in [0.25, 0.3) is 11.1 Å². The molecule has 2 aromatic rings. The molecular formula is C23H21ClN2O7S2. The van der Waals surface area contributed by atoms with Gasteiger partial charge >= 0.3 is 10.1 Å². The fraction of sp³-hybridized carbons (Fsp3) is 0.261. The van der Waals surface area contributed by atoms with E-state index in [0.717, 1.165) is 17.7 Å². The Bertz CT molecular complexity index is 1310. The van der Waals surface area contributed by atoms with Crippen molar-refractivity contribution >= 4 is 56.6 Å². The van der Waals surface area contributed by atoms with Crippen LogP contribution in [-0.4, -0.2) is 62.0 Å². The summed E-state index contributed by atoms with van der Waals surface area (Å²) in [5, 5.41) is -0.612. The fourth-order valence-corrected chi connectivity index (χ4v) is 5.76. The van der Waals surface area contributed by atoms with E-state index in [1.54, 1.807) is 23.1 Å². The number of likely N-dealkylation sites (tertiary alicyclic amines) is 1. The molecule has 9 nitrogen and oxygen atoms in total. The lowest BCUT2D eigenvalue weighted by Gasteiger charge is -2.18. The van der Waals surface area contributed by atoms with E-state index < -0.39 is 21.3 Å². The second-order valence-corrected chi connectivity index (χ2v) is 10.7. The number of thioether (sulfide) groups is 1. The minimum atomic E-state index is -4.17. The maximum atomic E-state index is 12.8. The van der Waals surface area contributed by atoms with Crippen LogP contribution in [0, 0.1) is 0 Å². The molecule has 35 heavy (non-hydrogen) atoms. The highest BCUT2D eigenvalue weighted by Gasteiger charge is 2.37. The minimum absolute atomic E-state index is 0.0201. The van der Waals surface area contributed by atoms with Crippen molar-refractivity contribution in [2.24, 2.45) is 0 Å². The van der Waals surface area contributed by atoms with E-state index in [1.165, 1.54) is 37.5 Å². The molecule has 4 rings (SSSR count). The number of rotatable bonds is 7. The van der Waals surface area contributed by atoms with Crippen LogP contribution in [-0.2, 0) is 19.7 Å². The number of nitrogens with zero attached hydrogens (tertiary/aromatic N) is 2. The first-order chi connectivity index (χ1) is 16.7. The van der Waals surface area contributed by atoms with Gasteiger partial charge in [0.1, 0.15) is 11.4 Å². The molecule has 0 radical (unpaired) electrons. The van der Waals surface area contributed by atoms with E-state index in [2.05, 4.69) is 0 Å². The minimum Gasteiger partial charge on any atom is -0.493 e. The molecule has 0 unspecified atom stereocenters. The number of halogens is 1. The van der Waals surface area contributed by atoms with Crippen LogP contribution < -0.4 is 8.92 Å². The summed E-state index contributed by atoms with van der Waals surface area (Å²) in [4.78, 5) is 40.2. The van der Waals surface area contributed by atoms with Gasteiger partial charge in [-0.05, 0) is 60.5 Å². The monoisotopic (exact) mass is 536 g/mol. The van der Waals surface area contributed by atoms with Crippen molar-refractivity contribution in [3.05, 3.63) is 58.0 Å². The number of ether oxygens (including phenoxy) is 1. The van der Waals surface area contributed by atoms with E-state index >= 15 is 0 Å². The molecule has 0 bridgehead atoms. The molecule has 2 aromatic carbocycles. The van der Waals surface area contributed by atoms with Gasteiger partial charge in [0.2, 0.25) is 11.7 Å². The third-order valence-electron chi connectivity index (χ3n) is 5.40. The van der Waals surface area contributed by atoms with Crippen molar-refractivity contribution in [1.29, 1.82) is 0 Å². The molecule has 2 aliphatic heterocycles.